The van der Waals surface area contributed by atoms with Crippen LogP contribution in [0.4, 0.5) is 4.39 Å². The van der Waals surface area contributed by atoms with Gasteiger partial charge in [0.25, 0.3) is 0 Å². The highest BCUT2D eigenvalue weighted by molar-refractivity contribution is 9.10. The summed E-state index contributed by atoms with van der Waals surface area (Å²) >= 11 is 3.00. The molecule has 0 amide bonds. The SMILES string of the molecule is Cc1cc(F)c(Br)c(C(=O)CN)c1. The van der Waals surface area contributed by atoms with Crippen molar-refractivity contribution in [2.75, 3.05) is 6.54 Å². The summed E-state index contributed by atoms with van der Waals surface area (Å²) in [5, 5.41) is 0. The van der Waals surface area contributed by atoms with Crippen molar-refractivity contribution in [2.24, 2.45) is 5.73 Å². The van der Waals surface area contributed by atoms with E-state index >= 15 is 0 Å². The highest BCUT2D eigenvalue weighted by Crippen LogP contribution is 2.22. The molecule has 0 spiro atoms. The normalized spacial score (nSPS) is 10.2. The number of rotatable bonds is 2. The van der Waals surface area contributed by atoms with Crippen LogP contribution >= 0.6 is 15.9 Å². The van der Waals surface area contributed by atoms with Gasteiger partial charge in [0, 0.05) is 5.56 Å². The van der Waals surface area contributed by atoms with Crippen LogP contribution < -0.4 is 5.73 Å². The Morgan fingerprint density at radius 3 is 2.77 bits per heavy atom. The Morgan fingerprint density at radius 2 is 2.23 bits per heavy atom. The molecular weight excluding hydrogens is 237 g/mol. The summed E-state index contributed by atoms with van der Waals surface area (Å²) in [6.07, 6.45) is 0. The van der Waals surface area contributed by atoms with E-state index in [-0.39, 0.29) is 16.8 Å². The predicted octanol–water partition coefficient (Wildman–Crippen LogP) is 2.04. The van der Waals surface area contributed by atoms with Crippen molar-refractivity contribution in [3.8, 4) is 0 Å². The van der Waals surface area contributed by atoms with Gasteiger partial charge >= 0.3 is 0 Å². The lowest BCUT2D eigenvalue weighted by Gasteiger charge is -2.04. The molecule has 0 atom stereocenters. The van der Waals surface area contributed by atoms with Crippen LogP contribution in [0.5, 0.6) is 0 Å². The fourth-order valence-corrected chi connectivity index (χ4v) is 1.49. The van der Waals surface area contributed by atoms with E-state index in [2.05, 4.69) is 15.9 Å². The van der Waals surface area contributed by atoms with E-state index in [0.29, 0.717) is 11.1 Å². The van der Waals surface area contributed by atoms with Crippen LogP contribution in [0.25, 0.3) is 0 Å². The summed E-state index contributed by atoms with van der Waals surface area (Å²) in [6, 6.07) is 2.97. The number of aryl methyl sites for hydroxylation is 1. The third-order valence-electron chi connectivity index (χ3n) is 1.66. The average Bonchev–Trinajstić information content (AvgIpc) is 2.10. The van der Waals surface area contributed by atoms with Gasteiger partial charge in [-0.25, -0.2) is 4.39 Å². The largest absolute Gasteiger partial charge is 0.324 e. The third kappa shape index (κ3) is 2.14. The zero-order chi connectivity index (χ0) is 10.0. The number of hydrogen-bond acceptors (Lipinski definition) is 2. The molecule has 0 fully saturated rings. The molecule has 2 N–H and O–H groups in total. The number of Topliss-reactive ketones (excluding diaryl/α,β-unsaturated/α-hetero) is 1. The van der Waals surface area contributed by atoms with Gasteiger partial charge in [0.2, 0.25) is 0 Å². The highest BCUT2D eigenvalue weighted by atomic mass is 79.9. The highest BCUT2D eigenvalue weighted by Gasteiger charge is 2.12. The standard InChI is InChI=1S/C9H9BrFNO/c1-5-2-6(8(13)4-12)9(10)7(11)3-5/h2-3H,4,12H2,1H3. The fourth-order valence-electron chi connectivity index (χ4n) is 1.04. The molecule has 0 aliphatic carbocycles. The van der Waals surface area contributed by atoms with Crippen molar-refractivity contribution in [1.82, 2.24) is 0 Å². The maximum absolute atomic E-state index is 13.1. The third-order valence-corrected chi connectivity index (χ3v) is 2.46. The number of halogens is 2. The molecule has 2 nitrogen and oxygen atoms in total. The molecule has 1 rings (SSSR count). The second-order valence-corrected chi connectivity index (χ2v) is 3.53. The molecule has 4 heteroatoms. The lowest BCUT2D eigenvalue weighted by Crippen LogP contribution is -2.14. The zero-order valence-corrected chi connectivity index (χ0v) is 8.69. The van der Waals surface area contributed by atoms with Crippen molar-refractivity contribution in [2.45, 2.75) is 6.92 Å². The minimum atomic E-state index is -0.434. The van der Waals surface area contributed by atoms with Gasteiger partial charge in [-0.05, 0) is 40.5 Å². The topological polar surface area (TPSA) is 43.1 Å². The molecule has 0 saturated carbocycles. The maximum Gasteiger partial charge on any atom is 0.177 e. The number of hydrogen-bond donors (Lipinski definition) is 1. The molecule has 1 aromatic rings. The van der Waals surface area contributed by atoms with Crippen LogP contribution in [-0.4, -0.2) is 12.3 Å². The molecule has 0 aliphatic heterocycles. The average molecular weight is 246 g/mol. The maximum atomic E-state index is 13.1. The predicted molar refractivity (Wildman–Crippen MR) is 52.2 cm³/mol. The summed E-state index contributed by atoms with van der Waals surface area (Å²) in [4.78, 5) is 11.2. The van der Waals surface area contributed by atoms with E-state index in [1.54, 1.807) is 13.0 Å². The molecule has 0 aliphatic rings. The first-order valence-electron chi connectivity index (χ1n) is 3.75. The summed E-state index contributed by atoms with van der Waals surface area (Å²) in [6.45, 7) is 1.62. The molecule has 0 bridgehead atoms. The van der Waals surface area contributed by atoms with E-state index in [0.717, 1.165) is 0 Å². The fraction of sp³-hybridized carbons (Fsp3) is 0.222. The second-order valence-electron chi connectivity index (χ2n) is 2.74. The van der Waals surface area contributed by atoms with Gasteiger partial charge in [0.1, 0.15) is 5.82 Å². The summed E-state index contributed by atoms with van der Waals surface area (Å²) in [5.41, 5.74) is 6.19. The van der Waals surface area contributed by atoms with E-state index in [1.807, 2.05) is 0 Å². The number of nitrogens with two attached hydrogens (primary N) is 1. The minimum absolute atomic E-state index is 0.110. The van der Waals surface area contributed by atoms with Gasteiger partial charge in [-0.3, -0.25) is 4.79 Å². The molecule has 13 heavy (non-hydrogen) atoms. The monoisotopic (exact) mass is 245 g/mol. The number of carbonyl (C=O) groups excluding carboxylic acids is 1. The van der Waals surface area contributed by atoms with Crippen LogP contribution in [0, 0.1) is 12.7 Å². The van der Waals surface area contributed by atoms with Gasteiger partial charge in [0.05, 0.1) is 11.0 Å². The molecule has 70 valence electrons. The Labute approximate surface area is 84.1 Å². The molecule has 0 heterocycles. The van der Waals surface area contributed by atoms with Crippen LogP contribution in [-0.2, 0) is 0 Å². The van der Waals surface area contributed by atoms with Crippen molar-refractivity contribution in [1.29, 1.82) is 0 Å². The lowest BCUT2D eigenvalue weighted by molar-refractivity contribution is 0.1000. The first-order valence-corrected chi connectivity index (χ1v) is 4.54. The van der Waals surface area contributed by atoms with Crippen molar-refractivity contribution >= 4 is 21.7 Å². The Hall–Kier alpha value is -0.740. The van der Waals surface area contributed by atoms with Crippen LogP contribution in [0.3, 0.4) is 0 Å². The van der Waals surface area contributed by atoms with Gasteiger partial charge in [-0.1, -0.05) is 0 Å². The quantitative estimate of drug-likeness (QED) is 0.811. The Morgan fingerprint density at radius 1 is 1.62 bits per heavy atom. The van der Waals surface area contributed by atoms with Crippen LogP contribution in [0.1, 0.15) is 15.9 Å². The van der Waals surface area contributed by atoms with Gasteiger partial charge in [-0.2, -0.15) is 0 Å². The zero-order valence-electron chi connectivity index (χ0n) is 7.10. The van der Waals surface area contributed by atoms with Gasteiger partial charge in [0.15, 0.2) is 5.78 Å². The number of carbonyl (C=O) groups is 1. The van der Waals surface area contributed by atoms with Crippen molar-refractivity contribution in [3.05, 3.63) is 33.5 Å². The lowest BCUT2D eigenvalue weighted by atomic mass is 10.1. The molecule has 0 saturated heterocycles. The molecule has 0 radical (unpaired) electrons. The van der Waals surface area contributed by atoms with Gasteiger partial charge in [-0.15, -0.1) is 0 Å². The summed E-state index contributed by atoms with van der Waals surface area (Å²) < 4.78 is 13.3. The van der Waals surface area contributed by atoms with Crippen LogP contribution in [0.15, 0.2) is 16.6 Å². The van der Waals surface area contributed by atoms with Gasteiger partial charge < -0.3 is 5.73 Å². The first-order chi connectivity index (χ1) is 6.06. The van der Waals surface area contributed by atoms with Crippen LogP contribution in [0.2, 0.25) is 0 Å². The first kappa shape index (κ1) is 10.3. The molecule has 1 aromatic carbocycles. The smallest absolute Gasteiger partial charge is 0.177 e. The van der Waals surface area contributed by atoms with Crippen molar-refractivity contribution < 1.29 is 9.18 Å². The van der Waals surface area contributed by atoms with E-state index in [4.69, 9.17) is 5.73 Å². The molecule has 0 unspecified atom stereocenters. The van der Waals surface area contributed by atoms with E-state index in [1.165, 1.54) is 6.07 Å². The van der Waals surface area contributed by atoms with Crippen molar-refractivity contribution in [3.63, 3.8) is 0 Å². The second kappa shape index (κ2) is 3.98. The summed E-state index contributed by atoms with van der Waals surface area (Å²) in [7, 11) is 0. The van der Waals surface area contributed by atoms with E-state index < -0.39 is 5.82 Å². The minimum Gasteiger partial charge on any atom is -0.324 e. The summed E-state index contributed by atoms with van der Waals surface area (Å²) in [5.74, 6) is -0.703. The van der Waals surface area contributed by atoms with E-state index in [9.17, 15) is 9.18 Å². The number of ketones is 1. The Kier molecular flexibility index (Phi) is 3.17. The number of benzene rings is 1. The Balaban J connectivity index is 3.28. The Bertz CT molecular complexity index is 352. The molecular formula is C9H9BrFNO. The molecule has 0 aromatic heterocycles.